The zero-order chi connectivity index (χ0) is 17.8. The number of fused-ring (bicyclic) bond motifs is 3. The molecule has 0 amide bonds. The predicted octanol–water partition coefficient (Wildman–Crippen LogP) is -1.12. The van der Waals surface area contributed by atoms with E-state index >= 15 is 0 Å². The van der Waals surface area contributed by atoms with Gasteiger partial charge in [-0.25, -0.2) is 4.98 Å². The van der Waals surface area contributed by atoms with Crippen molar-refractivity contribution in [3.63, 3.8) is 0 Å². The van der Waals surface area contributed by atoms with Crippen LogP contribution in [0.5, 0.6) is 0 Å². The molecule has 25 heavy (non-hydrogen) atoms. The molecule has 2 aromatic heterocycles. The quantitative estimate of drug-likeness (QED) is 0.702. The second-order valence-electron chi connectivity index (χ2n) is 6.29. The van der Waals surface area contributed by atoms with Crippen molar-refractivity contribution in [1.82, 2.24) is 24.6 Å². The number of imidazole rings is 1. The maximum Gasteiger partial charge on any atom is 0.280 e. The van der Waals surface area contributed by atoms with Crippen LogP contribution in [-0.2, 0) is 19.0 Å². The number of ether oxygens (including phenoxy) is 3. The fourth-order valence-electron chi connectivity index (χ4n) is 3.78. The normalized spacial score (nSPS) is 32.5. The van der Waals surface area contributed by atoms with Gasteiger partial charge in [0.2, 0.25) is 5.95 Å². The molecule has 2 saturated heterocycles. The van der Waals surface area contributed by atoms with Crippen LogP contribution in [0.3, 0.4) is 0 Å². The molecular formula is C14H20N6O5. The fraction of sp³-hybridized carbons (Fsp3) is 0.643. The molecule has 0 saturated carbocycles. The second-order valence-corrected chi connectivity index (χ2v) is 6.29. The highest BCUT2D eigenvalue weighted by Gasteiger charge is 2.61. The highest BCUT2D eigenvalue weighted by atomic mass is 16.7. The van der Waals surface area contributed by atoms with Crippen molar-refractivity contribution in [1.29, 1.82) is 0 Å². The highest BCUT2D eigenvalue weighted by Crippen LogP contribution is 2.45. The number of H-pyrrole nitrogens is 1. The van der Waals surface area contributed by atoms with Crippen LogP contribution in [0.15, 0.2) is 11.1 Å². The molecule has 2 unspecified atom stereocenters. The van der Waals surface area contributed by atoms with Gasteiger partial charge < -0.3 is 19.9 Å². The third kappa shape index (κ3) is 2.35. The van der Waals surface area contributed by atoms with Gasteiger partial charge in [-0.1, -0.05) is 0 Å². The van der Waals surface area contributed by atoms with Crippen LogP contribution in [0.4, 0.5) is 5.95 Å². The van der Waals surface area contributed by atoms with Crippen LogP contribution in [-0.4, -0.2) is 76.8 Å². The lowest BCUT2D eigenvalue weighted by Crippen LogP contribution is -2.59. The molecule has 11 heteroatoms. The number of rotatable bonds is 4. The third-order valence-corrected chi connectivity index (χ3v) is 4.61. The summed E-state index contributed by atoms with van der Waals surface area (Å²) in [5.41, 5.74) is 5.06. The number of likely N-dealkylation sites (N-methyl/N-ethyl adjacent to an activating group) is 1. The molecule has 2 aliphatic rings. The maximum absolute atomic E-state index is 12.0. The van der Waals surface area contributed by atoms with E-state index in [0.29, 0.717) is 18.8 Å². The number of hydrogen-bond donors (Lipinski definition) is 2. The molecule has 0 spiro atoms. The molecule has 2 aliphatic heterocycles. The number of nitrogens with one attached hydrogen (secondary N) is 1. The van der Waals surface area contributed by atoms with Crippen LogP contribution in [0.2, 0.25) is 0 Å². The summed E-state index contributed by atoms with van der Waals surface area (Å²) >= 11 is 0. The standard InChI is InChI=1S/C14H20N6O5/c1-19-4-14(5-22-2)9(23-3)8(25-19)12(24-14)20-6-16-7-10(20)17-13(15)18-11(7)21/h6,8-9,12H,4-5H2,1-3H3,(H3,15,17,18,21)/t8?,9?,12-,14-/m1/s1. The van der Waals surface area contributed by atoms with E-state index in [2.05, 4.69) is 15.0 Å². The monoisotopic (exact) mass is 352 g/mol. The van der Waals surface area contributed by atoms with Crippen molar-refractivity contribution >= 4 is 17.1 Å². The van der Waals surface area contributed by atoms with E-state index in [1.54, 1.807) is 23.8 Å². The van der Waals surface area contributed by atoms with Crippen LogP contribution in [0, 0.1) is 0 Å². The molecule has 136 valence electrons. The first kappa shape index (κ1) is 16.4. The number of aromatic amines is 1. The van der Waals surface area contributed by atoms with E-state index in [9.17, 15) is 4.79 Å². The van der Waals surface area contributed by atoms with E-state index in [-0.39, 0.29) is 17.6 Å². The van der Waals surface area contributed by atoms with Gasteiger partial charge in [-0.3, -0.25) is 19.2 Å². The minimum Gasteiger partial charge on any atom is -0.382 e. The van der Waals surface area contributed by atoms with Gasteiger partial charge in [0.15, 0.2) is 23.5 Å². The van der Waals surface area contributed by atoms with Gasteiger partial charge >= 0.3 is 0 Å². The van der Waals surface area contributed by atoms with Crippen molar-refractivity contribution in [2.75, 3.05) is 40.2 Å². The molecular weight excluding hydrogens is 332 g/mol. The first-order valence-corrected chi connectivity index (χ1v) is 7.79. The van der Waals surface area contributed by atoms with Crippen molar-refractivity contribution < 1.29 is 19.0 Å². The van der Waals surface area contributed by atoms with E-state index < -0.39 is 23.5 Å². The second kappa shape index (κ2) is 5.75. The first-order valence-electron chi connectivity index (χ1n) is 7.79. The van der Waals surface area contributed by atoms with Crippen LogP contribution >= 0.6 is 0 Å². The Bertz CT molecular complexity index is 852. The average molecular weight is 352 g/mol. The largest absolute Gasteiger partial charge is 0.382 e. The van der Waals surface area contributed by atoms with E-state index in [0.717, 1.165) is 0 Å². The minimum atomic E-state index is -0.713. The number of nitrogens with two attached hydrogens (primary N) is 1. The number of hydrogen-bond acceptors (Lipinski definition) is 9. The van der Waals surface area contributed by atoms with Gasteiger partial charge in [-0.2, -0.15) is 10.0 Å². The smallest absolute Gasteiger partial charge is 0.280 e. The van der Waals surface area contributed by atoms with Gasteiger partial charge in [-0.05, 0) is 0 Å². The summed E-state index contributed by atoms with van der Waals surface area (Å²) in [4.78, 5) is 28.7. The lowest BCUT2D eigenvalue weighted by Gasteiger charge is -2.40. The van der Waals surface area contributed by atoms with Crippen LogP contribution in [0.1, 0.15) is 6.23 Å². The van der Waals surface area contributed by atoms with Gasteiger partial charge in [0.1, 0.15) is 11.7 Å². The van der Waals surface area contributed by atoms with Crippen molar-refractivity contribution in [3.8, 4) is 0 Å². The van der Waals surface area contributed by atoms with Crippen molar-refractivity contribution in [2.45, 2.75) is 24.0 Å². The minimum absolute atomic E-state index is 0.00755. The van der Waals surface area contributed by atoms with Gasteiger partial charge in [0.05, 0.1) is 19.5 Å². The molecule has 0 aromatic carbocycles. The zero-order valence-electron chi connectivity index (χ0n) is 14.1. The summed E-state index contributed by atoms with van der Waals surface area (Å²) < 4.78 is 19.0. The SMILES string of the molecule is COC[C@]12CN(C)OC(C1OC)[C@H](n1cnc3c(=O)[nH]c(N)nc31)O2. The number of anilines is 1. The van der Waals surface area contributed by atoms with Gasteiger partial charge in [0, 0.05) is 21.3 Å². The Morgan fingerprint density at radius 1 is 1.52 bits per heavy atom. The molecule has 2 fully saturated rings. The topological polar surface area (TPSA) is 130 Å². The lowest BCUT2D eigenvalue weighted by atomic mass is 9.94. The summed E-state index contributed by atoms with van der Waals surface area (Å²) in [5, 5.41) is 1.70. The Labute approximate surface area is 142 Å². The Morgan fingerprint density at radius 3 is 3.04 bits per heavy atom. The zero-order valence-corrected chi connectivity index (χ0v) is 14.1. The summed E-state index contributed by atoms with van der Waals surface area (Å²) in [7, 11) is 5.04. The lowest BCUT2D eigenvalue weighted by molar-refractivity contribution is -0.262. The summed E-state index contributed by atoms with van der Waals surface area (Å²) in [6, 6.07) is 0. The Balaban J connectivity index is 1.83. The van der Waals surface area contributed by atoms with Crippen LogP contribution < -0.4 is 11.3 Å². The van der Waals surface area contributed by atoms with Crippen molar-refractivity contribution in [2.24, 2.45) is 0 Å². The summed E-state index contributed by atoms with van der Waals surface area (Å²) in [5.74, 6) is 0.00755. The van der Waals surface area contributed by atoms with Gasteiger partial charge in [0.25, 0.3) is 5.56 Å². The molecule has 3 N–H and O–H groups in total. The Morgan fingerprint density at radius 2 is 2.32 bits per heavy atom. The molecule has 0 aliphatic carbocycles. The number of nitrogens with zero attached hydrogens (tertiary/aromatic N) is 4. The molecule has 2 bridgehead atoms. The van der Waals surface area contributed by atoms with Crippen molar-refractivity contribution in [3.05, 3.63) is 16.7 Å². The first-order chi connectivity index (χ1) is 12.0. The molecule has 0 radical (unpaired) electrons. The Hall–Kier alpha value is -2.05. The fourth-order valence-corrected chi connectivity index (χ4v) is 3.78. The number of methoxy groups -OCH3 is 2. The molecule has 4 heterocycles. The number of hydroxylamine groups is 2. The molecule has 4 rings (SSSR count). The predicted molar refractivity (Wildman–Crippen MR) is 85.6 cm³/mol. The average Bonchev–Trinajstić information content (AvgIpc) is 3.03. The van der Waals surface area contributed by atoms with E-state index in [4.69, 9.17) is 24.8 Å². The maximum atomic E-state index is 12.0. The number of nitrogen functional groups attached to an aromatic ring is 1. The molecule has 4 atom stereocenters. The Kier molecular flexibility index (Phi) is 3.77. The number of aromatic nitrogens is 4. The molecule has 2 aromatic rings. The van der Waals surface area contributed by atoms with Gasteiger partial charge in [-0.15, -0.1) is 0 Å². The highest BCUT2D eigenvalue weighted by molar-refractivity contribution is 5.70. The van der Waals surface area contributed by atoms with Crippen LogP contribution in [0.25, 0.3) is 11.2 Å². The van der Waals surface area contributed by atoms with E-state index in [1.165, 1.54) is 6.33 Å². The summed E-state index contributed by atoms with van der Waals surface area (Å²) in [6.45, 7) is 0.796. The van der Waals surface area contributed by atoms with E-state index in [1.807, 2.05) is 7.05 Å². The molecule has 11 nitrogen and oxygen atoms in total. The summed E-state index contributed by atoms with van der Waals surface area (Å²) in [6.07, 6.45) is 0.0849. The third-order valence-electron chi connectivity index (χ3n) is 4.61.